The van der Waals surface area contributed by atoms with Gasteiger partial charge in [0.2, 0.25) is 0 Å². The van der Waals surface area contributed by atoms with Crippen LogP contribution in [-0.2, 0) is 7.05 Å². The minimum absolute atomic E-state index is 0.148. The summed E-state index contributed by atoms with van der Waals surface area (Å²) < 4.78 is 1.78. The van der Waals surface area contributed by atoms with Crippen molar-refractivity contribution in [2.45, 2.75) is 26.3 Å². The van der Waals surface area contributed by atoms with Crippen LogP contribution in [0.4, 0.5) is 0 Å². The minimum Gasteiger partial charge on any atom is -0.342 e. The fraction of sp³-hybridized carbons (Fsp3) is 0.263. The van der Waals surface area contributed by atoms with Gasteiger partial charge in [-0.1, -0.05) is 19.1 Å². The van der Waals surface area contributed by atoms with Gasteiger partial charge in [0, 0.05) is 23.9 Å². The number of Topliss-reactive ketones (excluding diaryl/α,β-unsaturated/α-hetero) is 1. The molecule has 0 aliphatic heterocycles. The van der Waals surface area contributed by atoms with E-state index < -0.39 is 0 Å². The predicted molar refractivity (Wildman–Crippen MR) is 101 cm³/mol. The first-order valence-corrected chi connectivity index (χ1v) is 9.19. The van der Waals surface area contributed by atoms with Crippen LogP contribution in [0.5, 0.6) is 0 Å². The number of amides is 1. The number of hydrogen-bond donors (Lipinski definition) is 1. The van der Waals surface area contributed by atoms with Gasteiger partial charge in [-0.15, -0.1) is 21.5 Å². The highest BCUT2D eigenvalue weighted by Gasteiger charge is 2.16. The zero-order valence-electron chi connectivity index (χ0n) is 14.9. The summed E-state index contributed by atoms with van der Waals surface area (Å²) in [4.78, 5) is 26.0. The highest BCUT2D eigenvalue weighted by molar-refractivity contribution is 7.17. The van der Waals surface area contributed by atoms with Crippen LogP contribution in [0.3, 0.4) is 0 Å². The summed E-state index contributed by atoms with van der Waals surface area (Å²) in [5.41, 5.74) is 1.56. The van der Waals surface area contributed by atoms with Crippen LogP contribution in [0, 0.1) is 0 Å². The largest absolute Gasteiger partial charge is 0.342 e. The molecule has 2 aromatic heterocycles. The van der Waals surface area contributed by atoms with Crippen molar-refractivity contribution in [3.8, 4) is 10.4 Å². The Hall–Kier alpha value is -2.80. The lowest BCUT2D eigenvalue weighted by molar-refractivity contribution is 0.0936. The van der Waals surface area contributed by atoms with Gasteiger partial charge in [0.15, 0.2) is 11.6 Å². The van der Waals surface area contributed by atoms with Gasteiger partial charge >= 0.3 is 0 Å². The Morgan fingerprint density at radius 2 is 1.92 bits per heavy atom. The summed E-state index contributed by atoms with van der Waals surface area (Å²) in [6.45, 7) is 3.73. The molecule has 0 saturated heterocycles. The molecule has 0 fully saturated rings. The molecule has 0 spiro atoms. The number of aromatic nitrogens is 3. The van der Waals surface area contributed by atoms with Crippen molar-refractivity contribution in [2.24, 2.45) is 7.05 Å². The number of aryl methyl sites for hydroxylation is 1. The third kappa shape index (κ3) is 3.72. The molecule has 0 unspecified atom stereocenters. The number of carbonyl (C=O) groups is 2. The first kappa shape index (κ1) is 18.0. The second-order valence-corrected chi connectivity index (χ2v) is 7.10. The molecule has 3 aromatic rings. The maximum atomic E-state index is 12.4. The molecule has 0 aliphatic rings. The molecule has 26 heavy (non-hydrogen) atoms. The molecule has 2 heterocycles. The molecule has 1 amide bonds. The van der Waals surface area contributed by atoms with Gasteiger partial charge in [-0.05, 0) is 36.8 Å². The van der Waals surface area contributed by atoms with Gasteiger partial charge in [-0.25, -0.2) is 0 Å². The number of thiophene rings is 1. The van der Waals surface area contributed by atoms with E-state index in [1.54, 1.807) is 23.0 Å². The summed E-state index contributed by atoms with van der Waals surface area (Å²) in [6.07, 6.45) is 2.11. The van der Waals surface area contributed by atoms with Crippen molar-refractivity contribution >= 4 is 23.0 Å². The van der Waals surface area contributed by atoms with Crippen molar-refractivity contribution in [2.75, 3.05) is 0 Å². The van der Waals surface area contributed by atoms with Crippen molar-refractivity contribution in [3.63, 3.8) is 0 Å². The van der Waals surface area contributed by atoms with E-state index in [-0.39, 0.29) is 17.7 Å². The number of nitrogens with zero attached hydrogens (tertiary/aromatic N) is 3. The highest BCUT2D eigenvalue weighted by Crippen LogP contribution is 2.29. The number of nitrogens with one attached hydrogen (secondary N) is 1. The van der Waals surface area contributed by atoms with Crippen molar-refractivity contribution in [1.29, 1.82) is 0 Å². The van der Waals surface area contributed by atoms with E-state index in [9.17, 15) is 9.59 Å². The number of hydrogen-bond acceptors (Lipinski definition) is 5. The highest BCUT2D eigenvalue weighted by atomic mass is 32.1. The van der Waals surface area contributed by atoms with Crippen molar-refractivity contribution in [1.82, 2.24) is 20.1 Å². The normalized spacial score (nSPS) is 12.0. The van der Waals surface area contributed by atoms with E-state index in [0.29, 0.717) is 17.8 Å². The van der Waals surface area contributed by atoms with Crippen LogP contribution >= 0.6 is 11.3 Å². The Bertz CT molecular complexity index is 927. The molecule has 0 radical (unpaired) electrons. The Morgan fingerprint density at radius 1 is 1.19 bits per heavy atom. The molecule has 0 aliphatic carbocycles. The zero-order valence-corrected chi connectivity index (χ0v) is 15.7. The molecule has 1 atom stereocenters. The van der Waals surface area contributed by atoms with Gasteiger partial charge in [0.05, 0.1) is 10.9 Å². The van der Waals surface area contributed by atoms with Gasteiger partial charge in [-0.3, -0.25) is 9.59 Å². The maximum Gasteiger partial charge on any atom is 0.251 e. The van der Waals surface area contributed by atoms with E-state index in [0.717, 1.165) is 15.3 Å². The van der Waals surface area contributed by atoms with E-state index >= 15 is 0 Å². The molecule has 3 rings (SSSR count). The lowest BCUT2D eigenvalue weighted by Gasteiger charge is -2.13. The quantitative estimate of drug-likeness (QED) is 0.674. The fourth-order valence-electron chi connectivity index (χ4n) is 2.63. The maximum absolute atomic E-state index is 12.4. The fourth-order valence-corrected chi connectivity index (χ4v) is 3.65. The Balaban J connectivity index is 1.71. The number of carbonyl (C=O) groups excluding carboxylic acids is 2. The molecule has 1 N–H and O–H groups in total. The summed E-state index contributed by atoms with van der Waals surface area (Å²) in [5.74, 6) is 0.678. The molecule has 0 saturated carbocycles. The van der Waals surface area contributed by atoms with Crippen molar-refractivity contribution in [3.05, 3.63) is 59.0 Å². The SMILES string of the molecule is CCC(=O)c1ccc(-c2ccc(C(=O)N[C@@H](C)c3nncn3C)cc2)s1. The Labute approximate surface area is 155 Å². The first-order chi connectivity index (χ1) is 12.5. The van der Waals surface area contributed by atoms with Crippen LogP contribution < -0.4 is 5.32 Å². The summed E-state index contributed by atoms with van der Waals surface area (Å²) >= 11 is 1.48. The van der Waals surface area contributed by atoms with Gasteiger partial charge in [-0.2, -0.15) is 0 Å². The third-order valence-electron chi connectivity index (χ3n) is 4.11. The second kappa shape index (κ2) is 7.61. The summed E-state index contributed by atoms with van der Waals surface area (Å²) in [5, 5.41) is 10.8. The van der Waals surface area contributed by atoms with E-state index in [4.69, 9.17) is 0 Å². The second-order valence-electron chi connectivity index (χ2n) is 6.01. The monoisotopic (exact) mass is 368 g/mol. The lowest BCUT2D eigenvalue weighted by atomic mass is 10.1. The predicted octanol–water partition coefficient (Wildman–Crippen LogP) is 3.63. The molecular weight excluding hydrogens is 348 g/mol. The zero-order chi connectivity index (χ0) is 18.7. The molecular formula is C19H20N4O2S. The molecule has 134 valence electrons. The van der Waals surface area contributed by atoms with Crippen LogP contribution in [0.1, 0.15) is 52.2 Å². The van der Waals surface area contributed by atoms with Crippen molar-refractivity contribution < 1.29 is 9.59 Å². The standard InChI is InChI=1S/C19H20N4O2S/c1-4-15(24)17-10-9-16(26-17)13-5-7-14(8-6-13)19(25)21-12(2)18-22-20-11-23(18)3/h5-12H,4H2,1-3H3,(H,21,25)/t12-/m0/s1. The summed E-state index contributed by atoms with van der Waals surface area (Å²) in [7, 11) is 1.84. The lowest BCUT2D eigenvalue weighted by Crippen LogP contribution is -2.28. The van der Waals surface area contributed by atoms with Gasteiger partial charge < -0.3 is 9.88 Å². The number of benzene rings is 1. The van der Waals surface area contributed by atoms with E-state index in [1.165, 1.54) is 11.3 Å². The smallest absolute Gasteiger partial charge is 0.251 e. The van der Waals surface area contributed by atoms with Crippen LogP contribution in [0.2, 0.25) is 0 Å². The van der Waals surface area contributed by atoms with Crippen LogP contribution in [-0.4, -0.2) is 26.5 Å². The van der Waals surface area contributed by atoms with Crippen LogP contribution in [0.25, 0.3) is 10.4 Å². The van der Waals surface area contributed by atoms with E-state index in [1.807, 2.05) is 45.2 Å². The molecule has 6 nitrogen and oxygen atoms in total. The topological polar surface area (TPSA) is 76.9 Å². The van der Waals surface area contributed by atoms with E-state index in [2.05, 4.69) is 15.5 Å². The Kier molecular flexibility index (Phi) is 5.27. The molecule has 7 heteroatoms. The van der Waals surface area contributed by atoms with Gasteiger partial charge in [0.1, 0.15) is 6.33 Å². The first-order valence-electron chi connectivity index (χ1n) is 8.37. The van der Waals surface area contributed by atoms with Crippen LogP contribution in [0.15, 0.2) is 42.7 Å². The molecule has 1 aromatic carbocycles. The third-order valence-corrected chi connectivity index (χ3v) is 5.29. The Morgan fingerprint density at radius 3 is 2.54 bits per heavy atom. The number of ketones is 1. The summed E-state index contributed by atoms with van der Waals surface area (Å²) in [6, 6.07) is 10.9. The number of rotatable bonds is 6. The average molecular weight is 368 g/mol. The average Bonchev–Trinajstić information content (AvgIpc) is 3.30. The minimum atomic E-state index is -0.241. The van der Waals surface area contributed by atoms with Gasteiger partial charge in [0.25, 0.3) is 5.91 Å². The molecule has 0 bridgehead atoms.